The number of aromatic nitrogens is 1. The van der Waals surface area contributed by atoms with Gasteiger partial charge in [-0.2, -0.15) is 0 Å². The predicted octanol–water partition coefficient (Wildman–Crippen LogP) is 3.76. The molecule has 2 aliphatic rings. The summed E-state index contributed by atoms with van der Waals surface area (Å²) in [5.74, 6) is 1.46. The van der Waals surface area contributed by atoms with Crippen molar-refractivity contribution in [2.75, 3.05) is 0 Å². The molecule has 0 unspecified atom stereocenters. The zero-order valence-electron chi connectivity index (χ0n) is 9.83. The molecule has 1 aromatic heterocycles. The zero-order chi connectivity index (χ0) is 12.1. The van der Waals surface area contributed by atoms with Crippen LogP contribution in [0.5, 0.6) is 0 Å². The van der Waals surface area contributed by atoms with Gasteiger partial charge in [0, 0.05) is 5.92 Å². The summed E-state index contributed by atoms with van der Waals surface area (Å²) in [5.41, 5.74) is 1.06. The Bertz CT molecular complexity index is 588. The Morgan fingerprint density at radius 3 is 2.94 bits per heavy atom. The Labute approximate surface area is 114 Å². The molecule has 18 heavy (non-hydrogen) atoms. The lowest BCUT2D eigenvalue weighted by Crippen LogP contribution is -2.24. The van der Waals surface area contributed by atoms with Crippen molar-refractivity contribution in [3.8, 4) is 0 Å². The number of hydrogen-bond donors (Lipinski definition) is 0. The molecule has 2 aliphatic carbocycles. The molecule has 0 aliphatic heterocycles. The first-order chi connectivity index (χ1) is 8.81. The summed E-state index contributed by atoms with van der Waals surface area (Å²) < 4.78 is 2.28. The molecule has 0 saturated heterocycles. The van der Waals surface area contributed by atoms with E-state index in [0.717, 1.165) is 22.7 Å². The number of Topliss-reactive ketones (excluding diaryl/α,β-unsaturated/α-hetero) is 1. The minimum absolute atomic E-state index is 0.185. The Kier molecular flexibility index (Phi) is 2.49. The van der Waals surface area contributed by atoms with E-state index in [1.54, 1.807) is 23.1 Å². The van der Waals surface area contributed by atoms with Crippen molar-refractivity contribution in [1.29, 1.82) is 0 Å². The molecule has 4 heteroatoms. The number of nitrogens with zero attached hydrogens (tertiary/aromatic N) is 1. The van der Waals surface area contributed by atoms with Crippen molar-refractivity contribution < 1.29 is 4.79 Å². The maximum absolute atomic E-state index is 12.1. The molecule has 0 N–H and O–H groups in total. The van der Waals surface area contributed by atoms with Crippen LogP contribution in [0.3, 0.4) is 0 Å². The Morgan fingerprint density at radius 1 is 1.28 bits per heavy atom. The molecule has 2 saturated carbocycles. The summed E-state index contributed by atoms with van der Waals surface area (Å²) in [7, 11) is 0. The largest absolute Gasteiger partial charge is 0.298 e. The van der Waals surface area contributed by atoms with Gasteiger partial charge < -0.3 is 0 Å². The lowest BCUT2D eigenvalue weighted by molar-refractivity contribution is -0.121. The number of para-hydroxylation sites is 1. The third-order valence-corrected chi connectivity index (χ3v) is 6.62. The van der Waals surface area contributed by atoms with E-state index < -0.39 is 0 Å². The molecular formula is C14H13NOS2. The fourth-order valence-electron chi connectivity index (χ4n) is 3.18. The lowest BCUT2D eigenvalue weighted by atomic mass is 9.99. The summed E-state index contributed by atoms with van der Waals surface area (Å²) in [6.07, 6.45) is 3.49. The topological polar surface area (TPSA) is 30.0 Å². The van der Waals surface area contributed by atoms with E-state index in [0.29, 0.717) is 17.6 Å². The van der Waals surface area contributed by atoms with Crippen molar-refractivity contribution in [2.45, 2.75) is 28.9 Å². The average molecular weight is 275 g/mol. The van der Waals surface area contributed by atoms with Crippen LogP contribution >= 0.6 is 23.1 Å². The molecule has 0 amide bonds. The molecule has 4 rings (SSSR count). The number of thioether (sulfide) groups is 1. The zero-order valence-corrected chi connectivity index (χ0v) is 11.5. The smallest absolute Gasteiger partial charge is 0.151 e. The van der Waals surface area contributed by atoms with Gasteiger partial charge in [-0.1, -0.05) is 23.9 Å². The number of fused-ring (bicyclic) bond motifs is 3. The predicted molar refractivity (Wildman–Crippen MR) is 75.1 cm³/mol. The maximum Gasteiger partial charge on any atom is 0.151 e. The average Bonchev–Trinajstić information content (AvgIpc) is 3.05. The van der Waals surface area contributed by atoms with Gasteiger partial charge in [-0.25, -0.2) is 4.98 Å². The van der Waals surface area contributed by atoms with E-state index in [4.69, 9.17) is 0 Å². The number of rotatable bonds is 2. The number of carbonyl (C=O) groups excluding carboxylic acids is 1. The van der Waals surface area contributed by atoms with E-state index >= 15 is 0 Å². The molecular weight excluding hydrogens is 262 g/mol. The number of carbonyl (C=O) groups is 1. The van der Waals surface area contributed by atoms with Crippen molar-refractivity contribution in [1.82, 2.24) is 4.98 Å². The van der Waals surface area contributed by atoms with Crippen LogP contribution in [0.15, 0.2) is 28.6 Å². The van der Waals surface area contributed by atoms with Crippen LogP contribution in [0.2, 0.25) is 0 Å². The summed E-state index contributed by atoms with van der Waals surface area (Å²) in [6.45, 7) is 0. The molecule has 3 atom stereocenters. The third kappa shape index (κ3) is 1.62. The van der Waals surface area contributed by atoms with Gasteiger partial charge in [0.1, 0.15) is 5.78 Å². The number of benzene rings is 1. The van der Waals surface area contributed by atoms with Crippen LogP contribution in [-0.2, 0) is 4.79 Å². The molecule has 1 aromatic carbocycles. The maximum atomic E-state index is 12.1. The minimum Gasteiger partial charge on any atom is -0.298 e. The second-order valence-electron chi connectivity index (χ2n) is 5.16. The monoisotopic (exact) mass is 275 g/mol. The Hall–Kier alpha value is -0.870. The Morgan fingerprint density at radius 2 is 2.17 bits per heavy atom. The Balaban J connectivity index is 1.63. The van der Waals surface area contributed by atoms with Crippen LogP contribution in [0, 0.1) is 11.8 Å². The van der Waals surface area contributed by atoms with Gasteiger partial charge in [-0.3, -0.25) is 4.79 Å². The highest BCUT2D eigenvalue weighted by atomic mass is 32.2. The molecule has 2 aromatic rings. The van der Waals surface area contributed by atoms with Gasteiger partial charge in [-0.15, -0.1) is 11.3 Å². The van der Waals surface area contributed by atoms with Crippen molar-refractivity contribution >= 4 is 39.1 Å². The summed E-state index contributed by atoms with van der Waals surface area (Å²) >= 11 is 3.42. The lowest BCUT2D eigenvalue weighted by Gasteiger charge is -2.18. The molecule has 0 spiro atoms. The van der Waals surface area contributed by atoms with Crippen LogP contribution < -0.4 is 0 Å². The van der Waals surface area contributed by atoms with Gasteiger partial charge in [-0.05, 0) is 37.3 Å². The highest BCUT2D eigenvalue weighted by Gasteiger charge is 2.47. The molecule has 0 radical (unpaired) electrons. The highest BCUT2D eigenvalue weighted by Crippen LogP contribution is 2.49. The highest BCUT2D eigenvalue weighted by molar-refractivity contribution is 8.02. The van der Waals surface area contributed by atoms with Crippen LogP contribution in [0.1, 0.15) is 19.3 Å². The standard InChI is InChI=1S/C14H13NOS2/c16-12-8-5-6-9(7-8)13(12)18-14-15-10-3-1-2-4-11(10)17-14/h1-4,8-9,13H,5-7H2/t8-,9-,13+/m0/s1. The van der Waals surface area contributed by atoms with Crippen LogP contribution in [0.25, 0.3) is 10.2 Å². The third-order valence-electron chi connectivity index (χ3n) is 4.09. The summed E-state index contributed by atoms with van der Waals surface area (Å²) in [5, 5.41) is 0.185. The second-order valence-corrected chi connectivity index (χ2v) is 7.58. The normalized spacial score (nSPS) is 30.4. The van der Waals surface area contributed by atoms with Crippen LogP contribution in [0.4, 0.5) is 0 Å². The van der Waals surface area contributed by atoms with E-state index in [1.165, 1.54) is 11.1 Å². The van der Waals surface area contributed by atoms with Gasteiger partial charge >= 0.3 is 0 Å². The van der Waals surface area contributed by atoms with Gasteiger partial charge in [0.2, 0.25) is 0 Å². The van der Waals surface area contributed by atoms with Crippen molar-refractivity contribution in [3.63, 3.8) is 0 Å². The summed E-state index contributed by atoms with van der Waals surface area (Å²) in [4.78, 5) is 16.8. The van der Waals surface area contributed by atoms with Gasteiger partial charge in [0.15, 0.2) is 4.34 Å². The van der Waals surface area contributed by atoms with Gasteiger partial charge in [0.25, 0.3) is 0 Å². The first-order valence-electron chi connectivity index (χ1n) is 6.37. The van der Waals surface area contributed by atoms with Gasteiger partial charge in [0.05, 0.1) is 15.5 Å². The first kappa shape index (κ1) is 11.0. The molecule has 92 valence electrons. The first-order valence-corrected chi connectivity index (χ1v) is 8.07. The summed E-state index contributed by atoms with van der Waals surface area (Å²) in [6, 6.07) is 8.19. The molecule has 2 nitrogen and oxygen atoms in total. The quantitative estimate of drug-likeness (QED) is 0.836. The number of hydrogen-bond acceptors (Lipinski definition) is 4. The SMILES string of the molecule is O=C1[C@H]2CC[C@@H](C2)[C@H]1Sc1nc2ccccc2s1. The molecule has 2 fully saturated rings. The van der Waals surface area contributed by atoms with E-state index in [9.17, 15) is 4.79 Å². The van der Waals surface area contributed by atoms with E-state index in [2.05, 4.69) is 11.1 Å². The molecule has 1 heterocycles. The molecule has 2 bridgehead atoms. The minimum atomic E-state index is 0.185. The van der Waals surface area contributed by atoms with E-state index in [1.807, 2.05) is 18.2 Å². The van der Waals surface area contributed by atoms with E-state index in [-0.39, 0.29) is 5.25 Å². The van der Waals surface area contributed by atoms with Crippen molar-refractivity contribution in [3.05, 3.63) is 24.3 Å². The van der Waals surface area contributed by atoms with Crippen molar-refractivity contribution in [2.24, 2.45) is 11.8 Å². The van der Waals surface area contributed by atoms with Crippen LogP contribution in [-0.4, -0.2) is 16.0 Å². The fourth-order valence-corrected chi connectivity index (χ4v) is 5.77. The number of ketones is 1. The fraction of sp³-hybridized carbons (Fsp3) is 0.429. The second kappa shape index (κ2) is 4.07. The number of thiazole rings is 1.